The van der Waals surface area contributed by atoms with Crippen molar-refractivity contribution in [2.24, 2.45) is 5.92 Å². The molecular weight excluding hydrogens is 294 g/mol. The van der Waals surface area contributed by atoms with Crippen molar-refractivity contribution in [1.29, 1.82) is 0 Å². The molecule has 0 saturated carbocycles. The van der Waals surface area contributed by atoms with Crippen molar-refractivity contribution in [2.75, 3.05) is 13.1 Å². The number of likely N-dealkylation sites (tertiary alicyclic amines) is 1. The first-order chi connectivity index (χ1) is 11.1. The number of benzene rings is 1. The minimum absolute atomic E-state index is 0.134. The second-order valence-corrected chi connectivity index (χ2v) is 5.86. The van der Waals surface area contributed by atoms with Gasteiger partial charge in [0.15, 0.2) is 0 Å². The molecule has 1 aliphatic rings. The Bertz CT molecular complexity index is 724. The lowest BCUT2D eigenvalue weighted by Gasteiger charge is -2.15. The molecule has 1 atom stereocenters. The predicted molar refractivity (Wildman–Crippen MR) is 84.2 cm³/mol. The Morgan fingerprint density at radius 2 is 2.04 bits per heavy atom. The lowest BCUT2D eigenvalue weighted by molar-refractivity contribution is -0.141. The van der Waals surface area contributed by atoms with E-state index in [1.807, 2.05) is 37.3 Å². The number of nitrogens with zero attached hydrogens (tertiary/aromatic N) is 3. The van der Waals surface area contributed by atoms with E-state index in [2.05, 4.69) is 5.10 Å². The van der Waals surface area contributed by atoms with E-state index >= 15 is 0 Å². The van der Waals surface area contributed by atoms with Crippen LogP contribution < -0.4 is 0 Å². The van der Waals surface area contributed by atoms with E-state index in [4.69, 9.17) is 5.11 Å². The summed E-state index contributed by atoms with van der Waals surface area (Å²) in [5.41, 5.74) is 2.47. The van der Waals surface area contributed by atoms with E-state index < -0.39 is 11.9 Å². The second kappa shape index (κ2) is 6.24. The topological polar surface area (TPSA) is 75.4 Å². The van der Waals surface area contributed by atoms with Crippen LogP contribution >= 0.6 is 0 Å². The molecule has 0 spiro atoms. The Morgan fingerprint density at radius 3 is 2.70 bits per heavy atom. The van der Waals surface area contributed by atoms with E-state index in [-0.39, 0.29) is 12.5 Å². The number of hydrogen-bond acceptors (Lipinski definition) is 3. The molecule has 6 nitrogen and oxygen atoms in total. The zero-order chi connectivity index (χ0) is 16.4. The van der Waals surface area contributed by atoms with Crippen LogP contribution in [0.5, 0.6) is 0 Å². The molecule has 1 fully saturated rings. The average molecular weight is 313 g/mol. The van der Waals surface area contributed by atoms with Crippen LogP contribution in [0.4, 0.5) is 0 Å². The van der Waals surface area contributed by atoms with E-state index in [9.17, 15) is 9.59 Å². The van der Waals surface area contributed by atoms with Crippen molar-refractivity contribution in [3.8, 4) is 0 Å². The molecule has 1 aliphatic heterocycles. The highest BCUT2D eigenvalue weighted by atomic mass is 16.4. The summed E-state index contributed by atoms with van der Waals surface area (Å²) in [6, 6.07) is 9.93. The maximum absolute atomic E-state index is 12.6. The standard InChI is InChI=1S/C17H19N3O3/c1-12-15(16(21)19-8-7-14(11-19)17(22)23)9-18-20(12)10-13-5-3-2-4-6-13/h2-6,9,14H,7-8,10-11H2,1H3,(H,22,23)/t14-/m1/s1. The van der Waals surface area contributed by atoms with Crippen molar-refractivity contribution in [2.45, 2.75) is 19.9 Å². The Labute approximate surface area is 134 Å². The third-order valence-corrected chi connectivity index (χ3v) is 4.33. The summed E-state index contributed by atoms with van der Waals surface area (Å²) >= 11 is 0. The lowest BCUT2D eigenvalue weighted by atomic mass is 10.1. The van der Waals surface area contributed by atoms with Crippen LogP contribution in [0.3, 0.4) is 0 Å². The third kappa shape index (κ3) is 3.11. The van der Waals surface area contributed by atoms with Crippen molar-refractivity contribution in [1.82, 2.24) is 14.7 Å². The van der Waals surface area contributed by atoms with Crippen LogP contribution in [0.15, 0.2) is 36.5 Å². The molecule has 1 saturated heterocycles. The number of aliphatic carboxylic acids is 1. The number of rotatable bonds is 4. The van der Waals surface area contributed by atoms with Crippen LogP contribution in [0.1, 0.15) is 28.0 Å². The van der Waals surface area contributed by atoms with Crippen molar-refractivity contribution in [3.63, 3.8) is 0 Å². The molecule has 0 unspecified atom stereocenters. The summed E-state index contributed by atoms with van der Waals surface area (Å²) < 4.78 is 1.80. The number of hydrogen-bond donors (Lipinski definition) is 1. The zero-order valence-electron chi connectivity index (χ0n) is 13.0. The van der Waals surface area contributed by atoms with Gasteiger partial charge < -0.3 is 10.0 Å². The molecule has 3 rings (SSSR count). The highest BCUT2D eigenvalue weighted by Crippen LogP contribution is 2.20. The molecule has 1 aromatic heterocycles. The Morgan fingerprint density at radius 1 is 1.30 bits per heavy atom. The summed E-state index contributed by atoms with van der Waals surface area (Å²) in [4.78, 5) is 25.2. The molecule has 1 N–H and O–H groups in total. The largest absolute Gasteiger partial charge is 0.481 e. The predicted octanol–water partition coefficient (Wildman–Crippen LogP) is 1.79. The van der Waals surface area contributed by atoms with Gasteiger partial charge in [-0.15, -0.1) is 0 Å². The van der Waals surface area contributed by atoms with Crippen LogP contribution in [0.25, 0.3) is 0 Å². The molecule has 1 amide bonds. The van der Waals surface area contributed by atoms with Crippen LogP contribution in [-0.4, -0.2) is 44.8 Å². The minimum Gasteiger partial charge on any atom is -0.481 e. The zero-order valence-corrected chi connectivity index (χ0v) is 13.0. The molecule has 1 aromatic carbocycles. The van der Waals surface area contributed by atoms with Crippen molar-refractivity contribution >= 4 is 11.9 Å². The number of carboxylic acid groups (broad SMARTS) is 1. The second-order valence-electron chi connectivity index (χ2n) is 5.86. The molecular formula is C17H19N3O3. The van der Waals surface area contributed by atoms with Gasteiger partial charge in [-0.1, -0.05) is 30.3 Å². The molecule has 0 radical (unpaired) electrons. The van der Waals surface area contributed by atoms with Gasteiger partial charge in [0.25, 0.3) is 5.91 Å². The number of aromatic nitrogens is 2. The van der Waals surface area contributed by atoms with Crippen LogP contribution in [0.2, 0.25) is 0 Å². The van der Waals surface area contributed by atoms with Gasteiger partial charge in [0, 0.05) is 18.8 Å². The molecule has 120 valence electrons. The van der Waals surface area contributed by atoms with E-state index in [0.717, 1.165) is 11.3 Å². The first-order valence-electron chi connectivity index (χ1n) is 7.64. The Hall–Kier alpha value is -2.63. The monoisotopic (exact) mass is 313 g/mol. The first kappa shape index (κ1) is 15.3. The van der Waals surface area contributed by atoms with Gasteiger partial charge in [-0.3, -0.25) is 14.3 Å². The maximum atomic E-state index is 12.6. The van der Waals surface area contributed by atoms with E-state index in [1.165, 1.54) is 0 Å². The summed E-state index contributed by atoms with van der Waals surface area (Å²) in [6.45, 7) is 3.24. The highest BCUT2D eigenvalue weighted by Gasteiger charge is 2.32. The van der Waals surface area contributed by atoms with Gasteiger partial charge in [-0.25, -0.2) is 0 Å². The Kier molecular flexibility index (Phi) is 4.14. The van der Waals surface area contributed by atoms with Crippen molar-refractivity contribution < 1.29 is 14.7 Å². The SMILES string of the molecule is Cc1c(C(=O)N2CC[C@@H](C(=O)O)C2)cnn1Cc1ccccc1. The maximum Gasteiger partial charge on any atom is 0.308 e. The fraction of sp³-hybridized carbons (Fsp3) is 0.353. The summed E-state index contributed by atoms with van der Waals surface area (Å²) in [5.74, 6) is -1.43. The third-order valence-electron chi connectivity index (χ3n) is 4.33. The van der Waals surface area contributed by atoms with Gasteiger partial charge in [0.2, 0.25) is 0 Å². The molecule has 2 aromatic rings. The number of carbonyl (C=O) groups excluding carboxylic acids is 1. The summed E-state index contributed by atoms with van der Waals surface area (Å²) in [6.07, 6.45) is 2.09. The van der Waals surface area contributed by atoms with Crippen molar-refractivity contribution in [3.05, 3.63) is 53.3 Å². The van der Waals surface area contributed by atoms with Gasteiger partial charge >= 0.3 is 5.97 Å². The smallest absolute Gasteiger partial charge is 0.308 e. The molecule has 6 heteroatoms. The number of carboxylic acids is 1. The lowest BCUT2D eigenvalue weighted by Crippen LogP contribution is -2.30. The Balaban J connectivity index is 1.74. The van der Waals surface area contributed by atoms with Crippen LogP contribution in [0, 0.1) is 12.8 Å². The first-order valence-corrected chi connectivity index (χ1v) is 7.64. The van der Waals surface area contributed by atoms with Gasteiger partial charge in [-0.05, 0) is 18.9 Å². The normalized spacial score (nSPS) is 17.4. The van der Waals surface area contributed by atoms with Crippen LogP contribution in [-0.2, 0) is 11.3 Å². The van der Waals surface area contributed by atoms with Gasteiger partial charge in [0.1, 0.15) is 0 Å². The number of carbonyl (C=O) groups is 2. The average Bonchev–Trinajstić information content (AvgIpc) is 3.16. The minimum atomic E-state index is -0.836. The number of amides is 1. The van der Waals surface area contributed by atoms with Gasteiger partial charge in [0.05, 0.1) is 24.2 Å². The summed E-state index contributed by atoms with van der Waals surface area (Å²) in [5, 5.41) is 13.4. The molecule has 0 bridgehead atoms. The molecule has 23 heavy (non-hydrogen) atoms. The fourth-order valence-electron chi connectivity index (χ4n) is 2.89. The fourth-order valence-corrected chi connectivity index (χ4v) is 2.89. The van der Waals surface area contributed by atoms with Gasteiger partial charge in [-0.2, -0.15) is 5.10 Å². The molecule has 2 heterocycles. The quantitative estimate of drug-likeness (QED) is 0.933. The van der Waals surface area contributed by atoms with E-state index in [1.54, 1.807) is 15.8 Å². The van der Waals surface area contributed by atoms with E-state index in [0.29, 0.717) is 25.1 Å². The summed E-state index contributed by atoms with van der Waals surface area (Å²) in [7, 11) is 0. The molecule has 0 aliphatic carbocycles. The highest BCUT2D eigenvalue weighted by molar-refractivity contribution is 5.95.